The molecule has 0 radical (unpaired) electrons. The number of nitrogens with one attached hydrogen (secondary N) is 1. The molecule has 0 saturated carbocycles. The van der Waals surface area contributed by atoms with Gasteiger partial charge in [-0.15, -0.1) is 0 Å². The van der Waals surface area contributed by atoms with Gasteiger partial charge in [0.1, 0.15) is 5.57 Å². The number of non-ortho nitro benzene ring substituents is 1. The fourth-order valence-electron chi connectivity index (χ4n) is 2.46. The number of nitro benzene ring substituents is 1. The highest BCUT2D eigenvalue weighted by Crippen LogP contribution is 2.36. The summed E-state index contributed by atoms with van der Waals surface area (Å²) in [7, 11) is 1.24. The summed E-state index contributed by atoms with van der Waals surface area (Å²) in [5.74, 6) is -1.89. The summed E-state index contributed by atoms with van der Waals surface area (Å²) in [5, 5.41) is 22.2. The fourth-order valence-corrected chi connectivity index (χ4v) is 2.46. The van der Waals surface area contributed by atoms with E-state index in [4.69, 9.17) is 4.74 Å². The minimum absolute atomic E-state index is 0.0792. The lowest BCUT2D eigenvalue weighted by Crippen LogP contribution is -2.35. The summed E-state index contributed by atoms with van der Waals surface area (Å²) in [5.41, 5.74) is 2.16. The highest BCUT2D eigenvalue weighted by Gasteiger charge is 2.34. The smallest absolute Gasteiger partial charge is 0.282 e. The molecule has 2 aromatic rings. The lowest BCUT2D eigenvalue weighted by atomic mass is 10.1. The van der Waals surface area contributed by atoms with E-state index in [9.17, 15) is 24.8 Å². The van der Waals surface area contributed by atoms with E-state index in [0.717, 1.165) is 23.2 Å². The van der Waals surface area contributed by atoms with E-state index in [-0.39, 0.29) is 22.6 Å². The summed E-state index contributed by atoms with van der Waals surface area (Å²) in [6, 6.07) is 10.5. The van der Waals surface area contributed by atoms with Crippen molar-refractivity contribution in [3.05, 3.63) is 63.7 Å². The molecule has 0 aliphatic carbocycles. The second kappa shape index (κ2) is 6.55. The number of nitrogens with zero attached hydrogens (tertiary/aromatic N) is 2. The maximum absolute atomic E-state index is 12.5. The predicted molar refractivity (Wildman–Crippen MR) is 91.4 cm³/mol. The van der Waals surface area contributed by atoms with Crippen molar-refractivity contribution < 1.29 is 24.4 Å². The van der Waals surface area contributed by atoms with Gasteiger partial charge in [0.25, 0.3) is 17.5 Å². The number of ether oxygens (including phenoxy) is 1. The molecule has 0 atom stereocenters. The van der Waals surface area contributed by atoms with Crippen molar-refractivity contribution in [3.63, 3.8) is 0 Å². The van der Waals surface area contributed by atoms with Gasteiger partial charge in [-0.3, -0.25) is 25.1 Å². The number of anilines is 1. The quantitative estimate of drug-likeness (QED) is 0.373. The number of para-hydroxylation sites is 1. The van der Waals surface area contributed by atoms with E-state index in [0.29, 0.717) is 5.69 Å². The number of hydrogen-bond donors (Lipinski definition) is 2. The number of benzene rings is 2. The first-order valence-corrected chi connectivity index (χ1v) is 7.40. The Kier molecular flexibility index (Phi) is 4.27. The molecule has 1 aliphatic rings. The molecule has 9 heteroatoms. The molecule has 0 aromatic heterocycles. The van der Waals surface area contributed by atoms with Crippen LogP contribution in [0.5, 0.6) is 11.5 Å². The van der Waals surface area contributed by atoms with E-state index in [1.165, 1.54) is 7.11 Å². The Hall–Kier alpha value is -3.88. The van der Waals surface area contributed by atoms with Crippen molar-refractivity contribution >= 4 is 29.3 Å². The number of carbonyl (C=O) groups excluding carboxylic acids is 2. The van der Waals surface area contributed by atoms with E-state index in [1.807, 2.05) is 0 Å². The predicted octanol–water partition coefficient (Wildman–Crippen LogP) is 1.77. The molecule has 132 valence electrons. The maximum atomic E-state index is 12.5. The average molecular weight is 355 g/mol. The highest BCUT2D eigenvalue weighted by atomic mass is 16.6. The van der Waals surface area contributed by atoms with Crippen LogP contribution < -0.4 is 15.2 Å². The van der Waals surface area contributed by atoms with Crippen molar-refractivity contribution in [2.24, 2.45) is 0 Å². The van der Waals surface area contributed by atoms with E-state index >= 15 is 0 Å². The SMILES string of the molecule is COc1cc([N+](=O)[O-])cc(/C=C2\C(=O)NN(c3ccccc3)C2=O)c1O. The van der Waals surface area contributed by atoms with Crippen molar-refractivity contribution in [3.8, 4) is 11.5 Å². The lowest BCUT2D eigenvalue weighted by Gasteiger charge is -2.13. The zero-order valence-electron chi connectivity index (χ0n) is 13.5. The Labute approximate surface area is 147 Å². The van der Waals surface area contributed by atoms with Gasteiger partial charge in [-0.05, 0) is 18.2 Å². The van der Waals surface area contributed by atoms with Crippen molar-refractivity contribution in [2.45, 2.75) is 0 Å². The minimum Gasteiger partial charge on any atom is -0.504 e. The van der Waals surface area contributed by atoms with Crippen LogP contribution in [-0.2, 0) is 9.59 Å². The van der Waals surface area contributed by atoms with Gasteiger partial charge in [-0.25, -0.2) is 5.01 Å². The normalized spacial score (nSPS) is 15.3. The standard InChI is InChI=1S/C17H13N3O6/c1-26-14-9-12(20(24)25)7-10(15(14)21)8-13-16(22)18-19(17(13)23)11-5-3-2-4-6-11/h2-9,21H,1H3,(H,18,22)/b13-8+. The molecule has 0 unspecified atom stereocenters. The number of methoxy groups -OCH3 is 1. The molecule has 2 N–H and O–H groups in total. The Morgan fingerprint density at radius 1 is 1.23 bits per heavy atom. The van der Waals surface area contributed by atoms with Crippen LogP contribution in [0.2, 0.25) is 0 Å². The lowest BCUT2D eigenvalue weighted by molar-refractivity contribution is -0.385. The molecule has 3 rings (SSSR count). The zero-order valence-corrected chi connectivity index (χ0v) is 13.5. The summed E-state index contributed by atoms with van der Waals surface area (Å²) in [4.78, 5) is 35.1. The topological polar surface area (TPSA) is 122 Å². The second-order valence-electron chi connectivity index (χ2n) is 5.32. The number of phenols is 1. The third-order valence-electron chi connectivity index (χ3n) is 3.73. The first kappa shape index (κ1) is 17.0. The number of hydrazine groups is 1. The minimum atomic E-state index is -0.691. The molecule has 2 amide bonds. The van der Waals surface area contributed by atoms with Crippen molar-refractivity contribution in [1.82, 2.24) is 5.43 Å². The monoisotopic (exact) mass is 355 g/mol. The highest BCUT2D eigenvalue weighted by molar-refractivity contribution is 6.31. The van der Waals surface area contributed by atoms with Gasteiger partial charge in [0.05, 0.1) is 23.8 Å². The van der Waals surface area contributed by atoms with Gasteiger partial charge in [0, 0.05) is 11.6 Å². The Morgan fingerprint density at radius 2 is 1.92 bits per heavy atom. The van der Waals surface area contributed by atoms with Crippen LogP contribution in [0.3, 0.4) is 0 Å². The second-order valence-corrected chi connectivity index (χ2v) is 5.32. The Bertz CT molecular complexity index is 939. The van der Waals surface area contributed by atoms with Gasteiger partial charge in [0.2, 0.25) is 0 Å². The van der Waals surface area contributed by atoms with Gasteiger partial charge in [0.15, 0.2) is 11.5 Å². The first-order chi connectivity index (χ1) is 12.4. The van der Waals surface area contributed by atoms with Gasteiger partial charge in [-0.2, -0.15) is 0 Å². The van der Waals surface area contributed by atoms with Crippen LogP contribution >= 0.6 is 0 Å². The number of rotatable bonds is 4. The van der Waals surface area contributed by atoms with Crippen LogP contribution in [0.25, 0.3) is 6.08 Å². The van der Waals surface area contributed by atoms with Crippen molar-refractivity contribution in [1.29, 1.82) is 0 Å². The van der Waals surface area contributed by atoms with Crippen LogP contribution in [-0.4, -0.2) is 29.0 Å². The van der Waals surface area contributed by atoms with Crippen LogP contribution in [0.1, 0.15) is 5.56 Å². The van der Waals surface area contributed by atoms with Gasteiger partial charge < -0.3 is 9.84 Å². The van der Waals surface area contributed by atoms with Gasteiger partial charge >= 0.3 is 0 Å². The molecular weight excluding hydrogens is 342 g/mol. The molecule has 0 spiro atoms. The van der Waals surface area contributed by atoms with E-state index in [1.54, 1.807) is 30.3 Å². The first-order valence-electron chi connectivity index (χ1n) is 7.40. The summed E-state index contributed by atoms with van der Waals surface area (Å²) < 4.78 is 4.91. The third kappa shape index (κ3) is 2.93. The molecule has 1 aliphatic heterocycles. The van der Waals surface area contributed by atoms with Gasteiger partial charge in [-0.1, -0.05) is 18.2 Å². The Balaban J connectivity index is 2.05. The Morgan fingerprint density at radius 3 is 2.54 bits per heavy atom. The average Bonchev–Trinajstić information content (AvgIpc) is 2.92. The number of hydrogen-bond acceptors (Lipinski definition) is 6. The number of nitro groups is 1. The number of phenolic OH excluding ortho intramolecular Hbond substituents is 1. The summed E-state index contributed by atoms with van der Waals surface area (Å²) in [6.07, 6.45) is 1.09. The largest absolute Gasteiger partial charge is 0.504 e. The number of carbonyl (C=O) groups is 2. The molecule has 1 heterocycles. The molecular formula is C17H13N3O6. The molecule has 0 bridgehead atoms. The van der Waals surface area contributed by atoms with Crippen LogP contribution in [0.15, 0.2) is 48.0 Å². The molecule has 9 nitrogen and oxygen atoms in total. The van der Waals surface area contributed by atoms with Crippen molar-refractivity contribution in [2.75, 3.05) is 12.1 Å². The van der Waals surface area contributed by atoms with E-state index in [2.05, 4.69) is 5.43 Å². The fraction of sp³-hybridized carbons (Fsp3) is 0.0588. The molecule has 2 aromatic carbocycles. The van der Waals surface area contributed by atoms with Crippen LogP contribution in [0.4, 0.5) is 11.4 Å². The zero-order chi connectivity index (χ0) is 18.8. The van der Waals surface area contributed by atoms with Crippen LogP contribution in [0, 0.1) is 10.1 Å². The molecule has 1 saturated heterocycles. The molecule has 26 heavy (non-hydrogen) atoms. The molecule has 1 fully saturated rings. The third-order valence-corrected chi connectivity index (χ3v) is 3.73. The maximum Gasteiger partial charge on any atom is 0.282 e. The number of amides is 2. The summed E-state index contributed by atoms with van der Waals surface area (Å²) in [6.45, 7) is 0. The summed E-state index contributed by atoms with van der Waals surface area (Å²) >= 11 is 0. The van der Waals surface area contributed by atoms with E-state index < -0.39 is 22.5 Å². The number of aromatic hydroxyl groups is 1.